The first-order valence-corrected chi connectivity index (χ1v) is 5.12. The maximum absolute atomic E-state index is 10.8. The van der Waals surface area contributed by atoms with Crippen LogP contribution in [0.3, 0.4) is 0 Å². The Labute approximate surface area is 89.1 Å². The number of imidazole rings is 1. The van der Waals surface area contributed by atoms with Crippen molar-refractivity contribution in [3.8, 4) is 0 Å². The highest BCUT2D eigenvalue weighted by atomic mass is 16.4. The summed E-state index contributed by atoms with van der Waals surface area (Å²) in [5.41, 5.74) is 0. The number of rotatable bonds is 6. The molecule has 0 fully saturated rings. The molecule has 0 amide bonds. The second-order valence-corrected chi connectivity index (χ2v) is 3.44. The minimum atomic E-state index is -0.843. The summed E-state index contributed by atoms with van der Waals surface area (Å²) in [6.45, 7) is 5.25. The molecular weight excluding hydrogens is 194 g/mol. The second-order valence-electron chi connectivity index (χ2n) is 3.44. The van der Waals surface area contributed by atoms with Crippen LogP contribution < -0.4 is 5.32 Å². The zero-order valence-corrected chi connectivity index (χ0v) is 9.10. The van der Waals surface area contributed by atoms with E-state index in [1.165, 1.54) is 0 Å². The van der Waals surface area contributed by atoms with Gasteiger partial charge in [0.05, 0.1) is 6.54 Å². The van der Waals surface area contributed by atoms with E-state index in [2.05, 4.69) is 17.2 Å². The third-order valence-corrected chi connectivity index (χ3v) is 2.23. The fraction of sp³-hybridized carbons (Fsp3) is 0.600. The number of nitrogens with one attached hydrogen (secondary N) is 1. The molecule has 1 rings (SSSR count). The Bertz CT molecular complexity index is 322. The molecule has 84 valence electrons. The Kier molecular flexibility index (Phi) is 4.30. The van der Waals surface area contributed by atoms with Gasteiger partial charge in [0.1, 0.15) is 11.9 Å². The molecule has 0 aliphatic rings. The molecule has 5 nitrogen and oxygen atoms in total. The van der Waals surface area contributed by atoms with Gasteiger partial charge < -0.3 is 15.0 Å². The maximum Gasteiger partial charge on any atom is 0.326 e. The van der Waals surface area contributed by atoms with E-state index in [1.807, 2.05) is 0 Å². The van der Waals surface area contributed by atoms with Crippen LogP contribution in [0.1, 0.15) is 32.1 Å². The molecule has 1 atom stereocenters. The Balaban J connectivity index is 2.64. The average Bonchev–Trinajstić information content (AvgIpc) is 2.65. The van der Waals surface area contributed by atoms with Crippen molar-refractivity contribution in [2.75, 3.05) is 6.54 Å². The van der Waals surface area contributed by atoms with Crippen LogP contribution in [0, 0.1) is 0 Å². The van der Waals surface area contributed by atoms with Gasteiger partial charge in [-0.25, -0.2) is 9.78 Å². The van der Waals surface area contributed by atoms with Gasteiger partial charge in [0.2, 0.25) is 0 Å². The quantitative estimate of drug-likeness (QED) is 0.690. The van der Waals surface area contributed by atoms with Crippen LogP contribution in [0.25, 0.3) is 0 Å². The van der Waals surface area contributed by atoms with E-state index in [4.69, 9.17) is 5.11 Å². The molecule has 0 radical (unpaired) electrons. The van der Waals surface area contributed by atoms with Gasteiger partial charge >= 0.3 is 5.97 Å². The lowest BCUT2D eigenvalue weighted by Gasteiger charge is -2.12. The molecule has 1 heterocycles. The minimum Gasteiger partial charge on any atom is -0.480 e. The molecule has 0 aliphatic carbocycles. The van der Waals surface area contributed by atoms with Crippen molar-refractivity contribution in [2.24, 2.45) is 0 Å². The van der Waals surface area contributed by atoms with E-state index in [0.29, 0.717) is 6.54 Å². The summed E-state index contributed by atoms with van der Waals surface area (Å²) in [7, 11) is 0. The maximum atomic E-state index is 10.8. The van der Waals surface area contributed by atoms with Gasteiger partial charge in [-0.2, -0.15) is 0 Å². The van der Waals surface area contributed by atoms with Gasteiger partial charge in [0.15, 0.2) is 0 Å². The van der Waals surface area contributed by atoms with Crippen LogP contribution in [-0.4, -0.2) is 27.2 Å². The second kappa shape index (κ2) is 5.50. The highest BCUT2D eigenvalue weighted by Crippen LogP contribution is 2.08. The molecule has 5 heteroatoms. The Hall–Kier alpha value is -1.36. The van der Waals surface area contributed by atoms with Crippen molar-refractivity contribution in [1.29, 1.82) is 0 Å². The molecule has 0 saturated carbocycles. The Morgan fingerprint density at radius 1 is 1.73 bits per heavy atom. The van der Waals surface area contributed by atoms with Gasteiger partial charge in [-0.1, -0.05) is 6.92 Å². The van der Waals surface area contributed by atoms with Crippen LogP contribution in [0.15, 0.2) is 12.4 Å². The Morgan fingerprint density at radius 2 is 2.47 bits per heavy atom. The molecule has 0 spiro atoms. The topological polar surface area (TPSA) is 67.2 Å². The first-order valence-electron chi connectivity index (χ1n) is 5.12. The number of carboxylic acids is 1. The highest BCUT2D eigenvalue weighted by molar-refractivity contribution is 5.71. The van der Waals surface area contributed by atoms with Gasteiger partial charge in [-0.05, 0) is 19.9 Å². The molecule has 0 aromatic carbocycles. The van der Waals surface area contributed by atoms with E-state index < -0.39 is 12.0 Å². The lowest BCUT2D eigenvalue weighted by atomic mass is 10.3. The number of hydrogen-bond acceptors (Lipinski definition) is 3. The monoisotopic (exact) mass is 211 g/mol. The zero-order chi connectivity index (χ0) is 11.3. The average molecular weight is 211 g/mol. The molecule has 1 aromatic heterocycles. The lowest BCUT2D eigenvalue weighted by Crippen LogP contribution is -2.22. The third-order valence-electron chi connectivity index (χ3n) is 2.23. The number of aliphatic carboxylic acids is 1. The molecule has 1 aromatic rings. The van der Waals surface area contributed by atoms with Crippen LogP contribution >= 0.6 is 0 Å². The van der Waals surface area contributed by atoms with E-state index >= 15 is 0 Å². The number of aromatic nitrogens is 2. The van der Waals surface area contributed by atoms with Crippen molar-refractivity contribution < 1.29 is 9.90 Å². The summed E-state index contributed by atoms with van der Waals surface area (Å²) in [4.78, 5) is 14.9. The van der Waals surface area contributed by atoms with Gasteiger partial charge in [-0.15, -0.1) is 0 Å². The van der Waals surface area contributed by atoms with Gasteiger partial charge in [-0.3, -0.25) is 0 Å². The summed E-state index contributed by atoms with van der Waals surface area (Å²) in [6.07, 6.45) is 4.37. The molecule has 0 saturated heterocycles. The summed E-state index contributed by atoms with van der Waals surface area (Å²) in [5.74, 6) is -0.0805. The fourth-order valence-electron chi connectivity index (χ4n) is 1.33. The van der Waals surface area contributed by atoms with Crippen molar-refractivity contribution in [3.63, 3.8) is 0 Å². The summed E-state index contributed by atoms with van der Waals surface area (Å²) in [5, 5.41) is 12.1. The van der Waals surface area contributed by atoms with E-state index in [0.717, 1.165) is 18.8 Å². The number of hydrogen-bond donors (Lipinski definition) is 2. The standard InChI is InChI=1S/C10H17N3O2/c1-3-4-11-7-9-12-5-6-13(9)8(2)10(14)15/h5-6,8,11H,3-4,7H2,1-2H3,(H,14,15). The van der Waals surface area contributed by atoms with Crippen LogP contribution in [-0.2, 0) is 11.3 Å². The van der Waals surface area contributed by atoms with E-state index in [-0.39, 0.29) is 0 Å². The normalized spacial score (nSPS) is 12.7. The smallest absolute Gasteiger partial charge is 0.326 e. The van der Waals surface area contributed by atoms with Crippen molar-refractivity contribution in [2.45, 2.75) is 32.9 Å². The predicted molar refractivity (Wildman–Crippen MR) is 56.6 cm³/mol. The number of carboxylic acid groups (broad SMARTS) is 1. The molecule has 2 N–H and O–H groups in total. The minimum absolute atomic E-state index is 0.564. The van der Waals surface area contributed by atoms with Crippen LogP contribution in [0.4, 0.5) is 0 Å². The van der Waals surface area contributed by atoms with E-state index in [9.17, 15) is 4.79 Å². The van der Waals surface area contributed by atoms with Gasteiger partial charge in [0.25, 0.3) is 0 Å². The third kappa shape index (κ3) is 3.06. The summed E-state index contributed by atoms with van der Waals surface area (Å²) < 4.78 is 1.67. The van der Waals surface area contributed by atoms with Crippen molar-refractivity contribution in [3.05, 3.63) is 18.2 Å². The first-order chi connectivity index (χ1) is 7.16. The molecule has 0 bridgehead atoms. The number of carbonyl (C=O) groups is 1. The molecule has 1 unspecified atom stereocenters. The molecule has 0 aliphatic heterocycles. The van der Waals surface area contributed by atoms with Crippen molar-refractivity contribution in [1.82, 2.24) is 14.9 Å². The summed E-state index contributed by atoms with van der Waals surface area (Å²) in [6, 6.07) is -0.564. The highest BCUT2D eigenvalue weighted by Gasteiger charge is 2.15. The Morgan fingerprint density at radius 3 is 3.07 bits per heavy atom. The lowest BCUT2D eigenvalue weighted by molar-refractivity contribution is -0.140. The fourth-order valence-corrected chi connectivity index (χ4v) is 1.33. The SMILES string of the molecule is CCCNCc1nccn1C(C)C(=O)O. The molecular formula is C10H17N3O2. The molecule has 15 heavy (non-hydrogen) atoms. The summed E-state index contributed by atoms with van der Waals surface area (Å²) >= 11 is 0. The zero-order valence-electron chi connectivity index (χ0n) is 9.10. The number of nitrogens with zero attached hydrogens (tertiary/aromatic N) is 2. The predicted octanol–water partition coefficient (Wildman–Crippen LogP) is 1.03. The van der Waals surface area contributed by atoms with Gasteiger partial charge in [0, 0.05) is 12.4 Å². The van der Waals surface area contributed by atoms with Crippen molar-refractivity contribution >= 4 is 5.97 Å². The largest absolute Gasteiger partial charge is 0.480 e. The van der Waals surface area contributed by atoms with Crippen LogP contribution in [0.5, 0.6) is 0 Å². The first kappa shape index (κ1) is 11.7. The van der Waals surface area contributed by atoms with Crippen LogP contribution in [0.2, 0.25) is 0 Å². The van der Waals surface area contributed by atoms with E-state index in [1.54, 1.807) is 23.9 Å².